The number of Topliss-reactive ketones (excluding diaryl/α,β-unsaturated/α-hetero) is 1. The summed E-state index contributed by atoms with van der Waals surface area (Å²) in [5.41, 5.74) is 1.27. The van der Waals surface area contributed by atoms with Gasteiger partial charge in [-0.1, -0.05) is 23.7 Å². The van der Waals surface area contributed by atoms with Crippen LogP contribution in [0.5, 0.6) is 0 Å². The van der Waals surface area contributed by atoms with Crippen molar-refractivity contribution in [2.75, 3.05) is 27.2 Å². The zero-order valence-corrected chi connectivity index (χ0v) is 16.6. The fourth-order valence-corrected chi connectivity index (χ4v) is 3.50. The molecule has 146 valence electrons. The van der Waals surface area contributed by atoms with Crippen molar-refractivity contribution in [2.45, 2.75) is 12.5 Å². The smallest absolute Gasteiger partial charge is 0.295 e. The van der Waals surface area contributed by atoms with Gasteiger partial charge in [-0.3, -0.25) is 14.6 Å². The highest BCUT2D eigenvalue weighted by Crippen LogP contribution is 2.39. The molecule has 2 aromatic rings. The minimum Gasteiger partial charge on any atom is -0.507 e. The Labute approximate surface area is 169 Å². The lowest BCUT2D eigenvalue weighted by Gasteiger charge is -2.25. The third kappa shape index (κ3) is 4.08. The number of likely N-dealkylation sites (tertiary alicyclic amines) is 1. The summed E-state index contributed by atoms with van der Waals surface area (Å²) in [5, 5.41) is 11.4. The molecular formula is C21H23ClN3O3+. The van der Waals surface area contributed by atoms with Crippen LogP contribution in [0.15, 0.2) is 54.4 Å². The summed E-state index contributed by atoms with van der Waals surface area (Å²) in [5.74, 6) is -1.46. The molecule has 3 rings (SSSR count). The van der Waals surface area contributed by atoms with Crippen molar-refractivity contribution < 1.29 is 19.6 Å². The fourth-order valence-electron chi connectivity index (χ4n) is 3.37. The monoisotopic (exact) mass is 400 g/mol. The van der Waals surface area contributed by atoms with Crippen LogP contribution < -0.4 is 4.90 Å². The number of amides is 1. The van der Waals surface area contributed by atoms with Crippen molar-refractivity contribution in [1.29, 1.82) is 0 Å². The SMILES string of the molecule is C[NH+](C)CCCN1C(=O)C(=O)/C(=C(/O)c2ccncc2)[C@H]1c1ccc(Cl)cc1. The molecule has 1 amide bonds. The van der Waals surface area contributed by atoms with E-state index in [0.717, 1.165) is 18.5 Å². The average Bonchev–Trinajstić information content (AvgIpc) is 2.93. The Bertz CT molecular complexity index is 895. The molecule has 2 N–H and O–H groups in total. The van der Waals surface area contributed by atoms with Crippen molar-refractivity contribution >= 4 is 29.1 Å². The van der Waals surface area contributed by atoms with Gasteiger partial charge in [-0.05, 0) is 29.8 Å². The molecule has 1 saturated heterocycles. The number of quaternary nitrogens is 1. The molecule has 0 unspecified atom stereocenters. The van der Waals surface area contributed by atoms with Gasteiger partial charge in [-0.2, -0.15) is 0 Å². The highest BCUT2D eigenvalue weighted by molar-refractivity contribution is 6.46. The maximum Gasteiger partial charge on any atom is 0.295 e. The summed E-state index contributed by atoms with van der Waals surface area (Å²) in [4.78, 5) is 32.3. The lowest BCUT2D eigenvalue weighted by Crippen LogP contribution is -3.05. The molecule has 0 radical (unpaired) electrons. The van der Waals surface area contributed by atoms with Gasteiger partial charge in [0.1, 0.15) is 5.76 Å². The topological polar surface area (TPSA) is 74.9 Å². The van der Waals surface area contributed by atoms with E-state index in [-0.39, 0.29) is 11.3 Å². The number of nitrogens with one attached hydrogen (secondary N) is 1. The first-order chi connectivity index (χ1) is 13.4. The number of hydrogen-bond acceptors (Lipinski definition) is 4. The summed E-state index contributed by atoms with van der Waals surface area (Å²) in [6.45, 7) is 1.29. The Kier molecular flexibility index (Phi) is 6.11. The second-order valence-corrected chi connectivity index (χ2v) is 7.53. The Morgan fingerprint density at radius 1 is 1.14 bits per heavy atom. The van der Waals surface area contributed by atoms with Gasteiger partial charge >= 0.3 is 0 Å². The van der Waals surface area contributed by atoms with E-state index in [2.05, 4.69) is 4.98 Å². The number of hydrogen-bond donors (Lipinski definition) is 2. The quantitative estimate of drug-likeness (QED) is 0.439. The van der Waals surface area contributed by atoms with E-state index in [1.807, 2.05) is 14.1 Å². The van der Waals surface area contributed by atoms with Crippen LogP contribution in [0.25, 0.3) is 5.76 Å². The molecule has 1 aliphatic heterocycles. The Morgan fingerprint density at radius 3 is 2.39 bits per heavy atom. The van der Waals surface area contributed by atoms with E-state index < -0.39 is 17.7 Å². The van der Waals surface area contributed by atoms with Crippen molar-refractivity contribution in [3.8, 4) is 0 Å². The number of nitrogens with zero attached hydrogens (tertiary/aromatic N) is 2. The first-order valence-electron chi connectivity index (χ1n) is 9.13. The van der Waals surface area contributed by atoms with Crippen LogP contribution in [0.3, 0.4) is 0 Å². The predicted octanol–water partition coefficient (Wildman–Crippen LogP) is 1.69. The number of halogens is 1. The maximum atomic E-state index is 12.8. The number of carbonyl (C=O) groups excluding carboxylic acids is 2. The standard InChI is InChI=1S/C21H22ClN3O3/c1-24(2)12-3-13-25-18(14-4-6-16(22)7-5-14)17(20(27)21(25)28)19(26)15-8-10-23-11-9-15/h4-11,18,26H,3,12-13H2,1-2H3/p+1/b19-17+/t18-/m1/s1. The third-order valence-corrected chi connectivity index (χ3v) is 5.01. The number of benzene rings is 1. The van der Waals surface area contributed by atoms with Crippen LogP contribution in [-0.2, 0) is 9.59 Å². The fraction of sp³-hybridized carbons (Fsp3) is 0.286. The number of aliphatic hydroxyl groups is 1. The van der Waals surface area contributed by atoms with Crippen molar-refractivity contribution in [1.82, 2.24) is 9.88 Å². The molecule has 1 aromatic carbocycles. The molecule has 1 aromatic heterocycles. The average molecular weight is 401 g/mol. The molecule has 0 aliphatic carbocycles. The molecule has 1 fully saturated rings. The van der Waals surface area contributed by atoms with Crippen molar-refractivity contribution in [3.63, 3.8) is 0 Å². The first kappa shape index (κ1) is 20.0. The van der Waals surface area contributed by atoms with Crippen molar-refractivity contribution in [2.24, 2.45) is 0 Å². The summed E-state index contributed by atoms with van der Waals surface area (Å²) >= 11 is 6.01. The normalized spacial score (nSPS) is 18.9. The van der Waals surface area contributed by atoms with Crippen LogP contribution >= 0.6 is 11.6 Å². The summed E-state index contributed by atoms with van der Waals surface area (Å²) in [7, 11) is 4.07. The van der Waals surface area contributed by atoms with Gasteiger partial charge in [0.15, 0.2) is 0 Å². The molecule has 28 heavy (non-hydrogen) atoms. The van der Waals surface area contributed by atoms with Gasteiger partial charge in [0.05, 0.1) is 32.3 Å². The molecule has 0 saturated carbocycles. The van der Waals surface area contributed by atoms with Gasteiger partial charge in [0, 0.05) is 35.9 Å². The first-order valence-corrected chi connectivity index (χ1v) is 9.51. The number of pyridine rings is 1. The van der Waals surface area contributed by atoms with Crippen molar-refractivity contribution in [3.05, 3.63) is 70.5 Å². The molecule has 0 spiro atoms. The van der Waals surface area contributed by atoms with Crippen LogP contribution in [0, 0.1) is 0 Å². The van der Waals surface area contributed by atoms with E-state index in [0.29, 0.717) is 17.1 Å². The molecule has 2 heterocycles. The molecule has 1 atom stereocenters. The zero-order valence-electron chi connectivity index (χ0n) is 15.9. The molecule has 7 heteroatoms. The maximum absolute atomic E-state index is 12.8. The molecule has 6 nitrogen and oxygen atoms in total. The lowest BCUT2D eigenvalue weighted by molar-refractivity contribution is -0.858. The van der Waals surface area contributed by atoms with Crippen LogP contribution in [-0.4, -0.2) is 53.9 Å². The Hall–Kier alpha value is -2.70. The van der Waals surface area contributed by atoms with Crippen LogP contribution in [0.1, 0.15) is 23.6 Å². The number of aliphatic hydroxyl groups excluding tert-OH is 1. The van der Waals surface area contributed by atoms with Gasteiger partial charge in [-0.25, -0.2) is 0 Å². The van der Waals surface area contributed by atoms with E-state index in [9.17, 15) is 14.7 Å². The third-order valence-electron chi connectivity index (χ3n) is 4.76. The highest BCUT2D eigenvalue weighted by atomic mass is 35.5. The Morgan fingerprint density at radius 2 is 1.79 bits per heavy atom. The van der Waals surface area contributed by atoms with Gasteiger partial charge < -0.3 is 14.9 Å². The predicted molar refractivity (Wildman–Crippen MR) is 107 cm³/mol. The summed E-state index contributed by atoms with van der Waals surface area (Å²) in [6.07, 6.45) is 3.80. The van der Waals surface area contributed by atoms with Gasteiger partial charge in [0.2, 0.25) is 0 Å². The van der Waals surface area contributed by atoms with Crippen LogP contribution in [0.4, 0.5) is 0 Å². The Balaban J connectivity index is 2.07. The second kappa shape index (κ2) is 8.54. The molecule has 0 bridgehead atoms. The highest BCUT2D eigenvalue weighted by Gasteiger charge is 2.45. The summed E-state index contributed by atoms with van der Waals surface area (Å²) < 4.78 is 0. The second-order valence-electron chi connectivity index (χ2n) is 7.09. The van der Waals surface area contributed by atoms with E-state index in [1.165, 1.54) is 17.3 Å². The number of rotatable bonds is 6. The zero-order chi connectivity index (χ0) is 20.3. The van der Waals surface area contributed by atoms with E-state index >= 15 is 0 Å². The van der Waals surface area contributed by atoms with Crippen LogP contribution in [0.2, 0.25) is 5.02 Å². The van der Waals surface area contributed by atoms with Gasteiger partial charge in [0.25, 0.3) is 11.7 Å². The minimum atomic E-state index is -0.675. The summed E-state index contributed by atoms with van der Waals surface area (Å²) in [6, 6.07) is 9.56. The number of aromatic nitrogens is 1. The minimum absolute atomic E-state index is 0.0933. The van der Waals surface area contributed by atoms with Gasteiger partial charge in [-0.15, -0.1) is 0 Å². The largest absolute Gasteiger partial charge is 0.507 e. The number of ketones is 1. The number of carbonyl (C=O) groups is 2. The lowest BCUT2D eigenvalue weighted by atomic mass is 9.95. The molecular weight excluding hydrogens is 378 g/mol. The molecule has 1 aliphatic rings. The van der Waals surface area contributed by atoms with E-state index in [4.69, 9.17) is 11.6 Å². The van der Waals surface area contributed by atoms with E-state index in [1.54, 1.807) is 41.3 Å².